The molecule has 1 N–H and O–H groups in total. The van der Waals surface area contributed by atoms with E-state index in [4.69, 9.17) is 0 Å². The summed E-state index contributed by atoms with van der Waals surface area (Å²) in [5.74, 6) is 0. The Kier molecular flexibility index (Phi) is 6.09. The Labute approximate surface area is 96.8 Å². The van der Waals surface area contributed by atoms with Gasteiger partial charge in [0, 0.05) is 0 Å². The largest absolute Gasteiger partial charge is 0.370 e. The van der Waals surface area contributed by atoms with Crippen LogP contribution in [0.5, 0.6) is 0 Å². The molecule has 0 rings (SSSR count). The van der Waals surface area contributed by atoms with Crippen LogP contribution in [0.1, 0.15) is 19.8 Å². The van der Waals surface area contributed by atoms with Crippen LogP contribution in [0.15, 0.2) is 0 Å². The molecule has 0 heterocycles. The van der Waals surface area contributed by atoms with Crippen LogP contribution in [0.25, 0.3) is 0 Å². The maximum Gasteiger partial charge on any atom is 0.178 e. The van der Waals surface area contributed by atoms with Crippen molar-refractivity contribution in [3.63, 3.8) is 0 Å². The minimum atomic E-state index is -0.563. The number of alkyl halides is 3. The van der Waals surface area contributed by atoms with Crippen LogP contribution in [0.2, 0.25) is 0 Å². The fourth-order valence-corrected chi connectivity index (χ4v) is 1.67. The number of aliphatic hydroxyl groups is 1. The van der Waals surface area contributed by atoms with E-state index >= 15 is 0 Å². The Balaban J connectivity index is 3.59. The summed E-state index contributed by atoms with van der Waals surface area (Å²) in [6.07, 6.45) is 2.23. The molecular weight excluding hydrogens is 457 g/mol. The van der Waals surface area contributed by atoms with Gasteiger partial charge >= 0.3 is 0 Å². The highest BCUT2D eigenvalue weighted by Crippen LogP contribution is 2.35. The molecular formula is C5H9I3O. The molecule has 56 valence electrons. The molecule has 0 aromatic rings. The zero-order chi connectivity index (χ0) is 7.49. The minimum Gasteiger partial charge on any atom is -0.370 e. The summed E-state index contributed by atoms with van der Waals surface area (Å²) >= 11 is 6.40. The van der Waals surface area contributed by atoms with Crippen molar-refractivity contribution in [1.82, 2.24) is 0 Å². The topological polar surface area (TPSA) is 20.2 Å². The summed E-state index contributed by atoms with van der Waals surface area (Å²) in [5, 5.41) is 9.38. The molecule has 0 bridgehead atoms. The highest BCUT2D eigenvalue weighted by Gasteiger charge is 2.26. The van der Waals surface area contributed by atoms with E-state index in [9.17, 15) is 5.11 Å². The molecule has 4 heteroatoms. The Morgan fingerprint density at radius 3 is 2.11 bits per heavy atom. The number of rotatable bonds is 3. The third-order valence-electron chi connectivity index (χ3n) is 0.919. The first-order chi connectivity index (χ1) is 3.98. The van der Waals surface area contributed by atoms with Gasteiger partial charge in [-0.1, -0.05) is 35.9 Å². The van der Waals surface area contributed by atoms with Gasteiger partial charge in [-0.05, 0) is 51.6 Å². The third-order valence-corrected chi connectivity index (χ3v) is 6.33. The van der Waals surface area contributed by atoms with Gasteiger partial charge in [0.25, 0.3) is 0 Å². The lowest BCUT2D eigenvalue weighted by Gasteiger charge is -2.19. The van der Waals surface area contributed by atoms with Crippen molar-refractivity contribution in [2.24, 2.45) is 0 Å². The first-order valence-electron chi connectivity index (χ1n) is 2.72. The zero-order valence-corrected chi connectivity index (χ0v) is 11.5. The summed E-state index contributed by atoms with van der Waals surface area (Å²) < 4.78 is -0.201. The Bertz CT molecular complexity index is 78.8. The van der Waals surface area contributed by atoms with Gasteiger partial charge in [0.15, 0.2) is 1.61 Å². The first-order valence-corrected chi connectivity index (χ1v) is 6.13. The van der Waals surface area contributed by atoms with E-state index in [-0.39, 0.29) is 0 Å². The molecule has 0 aromatic carbocycles. The zero-order valence-electron chi connectivity index (χ0n) is 5.07. The fourth-order valence-electron chi connectivity index (χ4n) is 0.427. The van der Waals surface area contributed by atoms with E-state index in [0.717, 1.165) is 12.8 Å². The molecule has 0 aliphatic heterocycles. The fraction of sp³-hybridized carbons (Fsp3) is 1.00. The predicted octanol–water partition coefficient (Wildman–Crippen LogP) is 3.11. The summed E-state index contributed by atoms with van der Waals surface area (Å²) in [5.41, 5.74) is 0. The summed E-state index contributed by atoms with van der Waals surface area (Å²) in [4.78, 5) is 0. The number of halogens is 3. The SMILES string of the molecule is CCCC(I)C(O)(I)I. The van der Waals surface area contributed by atoms with Crippen LogP contribution >= 0.6 is 67.8 Å². The lowest BCUT2D eigenvalue weighted by Crippen LogP contribution is -2.22. The normalized spacial score (nSPS) is 15.7. The smallest absolute Gasteiger partial charge is 0.178 e. The molecule has 0 saturated heterocycles. The van der Waals surface area contributed by atoms with Crippen molar-refractivity contribution in [3.05, 3.63) is 0 Å². The molecule has 0 amide bonds. The van der Waals surface area contributed by atoms with Crippen LogP contribution in [-0.4, -0.2) is 10.6 Å². The third kappa shape index (κ3) is 5.42. The van der Waals surface area contributed by atoms with E-state index in [0.29, 0.717) is 3.92 Å². The maximum absolute atomic E-state index is 9.38. The summed E-state index contributed by atoms with van der Waals surface area (Å²) in [6.45, 7) is 2.13. The van der Waals surface area contributed by atoms with E-state index < -0.39 is 1.61 Å². The van der Waals surface area contributed by atoms with Crippen molar-refractivity contribution in [1.29, 1.82) is 0 Å². The van der Waals surface area contributed by atoms with E-state index in [1.165, 1.54) is 0 Å². The van der Waals surface area contributed by atoms with Gasteiger partial charge in [-0.25, -0.2) is 0 Å². The Morgan fingerprint density at radius 2 is 2.00 bits per heavy atom. The molecule has 0 fully saturated rings. The van der Waals surface area contributed by atoms with Gasteiger partial charge in [0.05, 0.1) is 3.92 Å². The lowest BCUT2D eigenvalue weighted by molar-refractivity contribution is 0.260. The van der Waals surface area contributed by atoms with Crippen molar-refractivity contribution in [2.75, 3.05) is 0 Å². The Hall–Kier alpha value is 2.15. The van der Waals surface area contributed by atoms with Crippen molar-refractivity contribution >= 4 is 67.8 Å². The second-order valence-corrected chi connectivity index (χ2v) is 8.70. The molecule has 0 spiro atoms. The number of hydrogen-bond donors (Lipinski definition) is 1. The maximum atomic E-state index is 9.38. The molecule has 0 aliphatic carbocycles. The van der Waals surface area contributed by atoms with Gasteiger partial charge in [0.1, 0.15) is 0 Å². The molecule has 0 aromatic heterocycles. The number of hydrogen-bond acceptors (Lipinski definition) is 1. The molecule has 0 aliphatic rings. The van der Waals surface area contributed by atoms with Crippen LogP contribution in [-0.2, 0) is 0 Å². The second kappa shape index (κ2) is 4.91. The van der Waals surface area contributed by atoms with Gasteiger partial charge in [-0.2, -0.15) is 0 Å². The minimum absolute atomic E-state index is 0.362. The molecule has 9 heavy (non-hydrogen) atoms. The molecule has 1 atom stereocenters. The van der Waals surface area contributed by atoms with Crippen LogP contribution in [0.4, 0.5) is 0 Å². The lowest BCUT2D eigenvalue weighted by atomic mass is 10.3. The van der Waals surface area contributed by atoms with Gasteiger partial charge in [-0.3, -0.25) is 0 Å². The van der Waals surface area contributed by atoms with Crippen LogP contribution < -0.4 is 0 Å². The van der Waals surface area contributed by atoms with E-state index in [1.54, 1.807) is 0 Å². The van der Waals surface area contributed by atoms with Crippen molar-refractivity contribution < 1.29 is 5.11 Å². The first kappa shape index (κ1) is 11.2. The molecule has 1 unspecified atom stereocenters. The average molecular weight is 466 g/mol. The highest BCUT2D eigenvalue weighted by molar-refractivity contribution is 14.2. The van der Waals surface area contributed by atoms with E-state index in [2.05, 4.69) is 74.7 Å². The average Bonchev–Trinajstić information content (AvgIpc) is 1.64. The predicted molar refractivity (Wildman–Crippen MR) is 65.7 cm³/mol. The van der Waals surface area contributed by atoms with E-state index in [1.807, 2.05) is 0 Å². The Morgan fingerprint density at radius 1 is 1.56 bits per heavy atom. The molecule has 1 nitrogen and oxygen atoms in total. The van der Waals surface area contributed by atoms with Gasteiger partial charge < -0.3 is 5.11 Å². The van der Waals surface area contributed by atoms with Gasteiger partial charge in [-0.15, -0.1) is 0 Å². The quantitative estimate of drug-likeness (QED) is 0.502. The van der Waals surface area contributed by atoms with Crippen molar-refractivity contribution in [2.45, 2.75) is 25.3 Å². The highest BCUT2D eigenvalue weighted by atomic mass is 127. The molecule has 0 saturated carbocycles. The summed E-state index contributed by atoms with van der Waals surface area (Å²) in [6, 6.07) is 0. The molecule has 0 radical (unpaired) electrons. The summed E-state index contributed by atoms with van der Waals surface area (Å²) in [7, 11) is 0. The second-order valence-electron chi connectivity index (χ2n) is 1.84. The van der Waals surface area contributed by atoms with Crippen molar-refractivity contribution in [3.8, 4) is 0 Å². The standard InChI is InChI=1S/C5H9I3O/c1-2-3-4(6)5(7,8)9/h4,9H,2-3H2,1H3. The monoisotopic (exact) mass is 466 g/mol. The van der Waals surface area contributed by atoms with Gasteiger partial charge in [0.2, 0.25) is 0 Å². The van der Waals surface area contributed by atoms with Crippen LogP contribution in [0, 0.1) is 0 Å². The van der Waals surface area contributed by atoms with Crippen LogP contribution in [0.3, 0.4) is 0 Å².